The van der Waals surface area contributed by atoms with E-state index in [0.717, 1.165) is 11.0 Å². The van der Waals surface area contributed by atoms with Gasteiger partial charge in [-0.3, -0.25) is 24.1 Å². The third-order valence-corrected chi connectivity index (χ3v) is 4.91. The van der Waals surface area contributed by atoms with Gasteiger partial charge in [0.1, 0.15) is 5.82 Å². The molecule has 0 unspecified atom stereocenters. The molecule has 0 aromatic heterocycles. The molecule has 1 aliphatic carbocycles. The highest BCUT2D eigenvalue weighted by Crippen LogP contribution is 2.35. The summed E-state index contributed by atoms with van der Waals surface area (Å²) in [7, 11) is 0. The van der Waals surface area contributed by atoms with Crippen LogP contribution >= 0.6 is 0 Å². The van der Waals surface area contributed by atoms with E-state index in [1.54, 1.807) is 0 Å². The third-order valence-electron chi connectivity index (χ3n) is 4.91. The molecule has 0 spiro atoms. The number of nitrogens with one attached hydrogen (secondary N) is 1. The largest absolute Gasteiger partial charge is 0.452 e. The molecule has 0 saturated carbocycles. The Kier molecular flexibility index (Phi) is 5.87. The minimum Gasteiger partial charge on any atom is -0.452 e. The van der Waals surface area contributed by atoms with Gasteiger partial charge >= 0.3 is 5.97 Å². The lowest BCUT2D eigenvalue weighted by atomic mass is 9.85. The summed E-state index contributed by atoms with van der Waals surface area (Å²) in [5, 5.41) is 2.45. The van der Waals surface area contributed by atoms with Crippen LogP contribution in [0.5, 0.6) is 0 Å². The zero-order chi connectivity index (χ0) is 20.3. The Hall–Kier alpha value is -3.03. The Morgan fingerprint density at radius 2 is 1.86 bits per heavy atom. The van der Waals surface area contributed by atoms with Crippen LogP contribution in [-0.4, -0.2) is 41.2 Å². The standard InChI is InChI=1S/C20H21FN2O5/c1-12(18(25)22-14-6-4-5-13(21)11-14)28-17(24)9-10-23-19(26)15-7-2-3-8-16(15)20(23)27/h2-6,11-12,15-16H,7-10H2,1H3,(H,22,25)/t12-,15-,16+/m1/s1. The molecule has 3 amide bonds. The van der Waals surface area contributed by atoms with Crippen LogP contribution in [0.3, 0.4) is 0 Å². The van der Waals surface area contributed by atoms with Crippen molar-refractivity contribution in [2.45, 2.75) is 32.3 Å². The summed E-state index contributed by atoms with van der Waals surface area (Å²) in [4.78, 5) is 49.9. The van der Waals surface area contributed by atoms with E-state index in [0.29, 0.717) is 12.8 Å². The molecule has 0 radical (unpaired) electrons. The van der Waals surface area contributed by atoms with Crippen molar-refractivity contribution in [3.8, 4) is 0 Å². The van der Waals surface area contributed by atoms with Crippen LogP contribution in [0.15, 0.2) is 36.4 Å². The first-order chi connectivity index (χ1) is 13.4. The molecule has 8 heteroatoms. The molecule has 148 valence electrons. The third kappa shape index (κ3) is 4.27. The van der Waals surface area contributed by atoms with Crippen molar-refractivity contribution in [1.29, 1.82) is 0 Å². The van der Waals surface area contributed by atoms with Gasteiger partial charge in [-0.2, -0.15) is 0 Å². The van der Waals surface area contributed by atoms with Crippen molar-refractivity contribution in [3.63, 3.8) is 0 Å². The van der Waals surface area contributed by atoms with E-state index in [9.17, 15) is 23.6 Å². The van der Waals surface area contributed by atoms with Crippen molar-refractivity contribution in [1.82, 2.24) is 4.90 Å². The van der Waals surface area contributed by atoms with Gasteiger partial charge in [0.15, 0.2) is 6.10 Å². The Balaban J connectivity index is 1.48. The van der Waals surface area contributed by atoms with Crippen LogP contribution in [0.4, 0.5) is 10.1 Å². The van der Waals surface area contributed by atoms with Gasteiger partial charge in [0.25, 0.3) is 5.91 Å². The quantitative estimate of drug-likeness (QED) is 0.457. The Labute approximate surface area is 161 Å². The zero-order valence-corrected chi connectivity index (χ0v) is 15.4. The second-order valence-corrected chi connectivity index (χ2v) is 6.87. The van der Waals surface area contributed by atoms with E-state index in [1.165, 1.54) is 25.1 Å². The number of likely N-dealkylation sites (tertiary alicyclic amines) is 1. The number of esters is 1. The number of carbonyl (C=O) groups excluding carboxylic acids is 4. The maximum Gasteiger partial charge on any atom is 0.308 e. The maximum absolute atomic E-state index is 13.2. The fourth-order valence-electron chi connectivity index (χ4n) is 3.41. The van der Waals surface area contributed by atoms with Gasteiger partial charge in [-0.25, -0.2) is 4.39 Å². The molecule has 1 aromatic carbocycles. The summed E-state index contributed by atoms with van der Waals surface area (Å²) in [6.07, 6.45) is 3.56. The molecule has 0 bridgehead atoms. The van der Waals surface area contributed by atoms with Crippen molar-refractivity contribution in [2.24, 2.45) is 11.8 Å². The van der Waals surface area contributed by atoms with Gasteiger partial charge in [0.2, 0.25) is 11.8 Å². The highest BCUT2D eigenvalue weighted by Gasteiger charge is 2.47. The van der Waals surface area contributed by atoms with Crippen LogP contribution in [0.1, 0.15) is 26.2 Å². The summed E-state index contributed by atoms with van der Waals surface area (Å²) < 4.78 is 18.2. The molecular weight excluding hydrogens is 367 g/mol. The number of ether oxygens (including phenoxy) is 1. The molecule has 3 atom stereocenters. The molecule has 1 saturated heterocycles. The number of rotatable bonds is 6. The number of hydrogen-bond donors (Lipinski definition) is 1. The van der Waals surface area contributed by atoms with Gasteiger partial charge in [-0.1, -0.05) is 18.2 Å². The second-order valence-electron chi connectivity index (χ2n) is 6.87. The van der Waals surface area contributed by atoms with Gasteiger partial charge in [-0.15, -0.1) is 0 Å². The van der Waals surface area contributed by atoms with Crippen molar-refractivity contribution in [2.75, 3.05) is 11.9 Å². The van der Waals surface area contributed by atoms with Crippen molar-refractivity contribution in [3.05, 3.63) is 42.2 Å². The summed E-state index contributed by atoms with van der Waals surface area (Å²) in [6.45, 7) is 1.32. The number of amides is 3. The SMILES string of the molecule is C[C@@H](OC(=O)CCN1C(=O)[C@H]2CC=CC[C@H]2C1=O)C(=O)Nc1cccc(F)c1. The highest BCUT2D eigenvalue weighted by molar-refractivity contribution is 6.05. The summed E-state index contributed by atoms with van der Waals surface area (Å²) in [6, 6.07) is 5.34. The molecule has 1 fully saturated rings. The first kappa shape index (κ1) is 19.7. The van der Waals surface area contributed by atoms with Gasteiger partial charge < -0.3 is 10.1 Å². The predicted octanol–water partition coefficient (Wildman–Crippen LogP) is 2.04. The number of benzene rings is 1. The number of imide groups is 1. The molecule has 1 aliphatic heterocycles. The lowest BCUT2D eigenvalue weighted by Crippen LogP contribution is -2.35. The van der Waals surface area contributed by atoms with Gasteiger partial charge in [-0.05, 0) is 38.0 Å². The van der Waals surface area contributed by atoms with Crippen LogP contribution in [0, 0.1) is 17.7 Å². The van der Waals surface area contributed by atoms with E-state index in [-0.39, 0.29) is 42.3 Å². The van der Waals surface area contributed by atoms with Crippen LogP contribution in [-0.2, 0) is 23.9 Å². The Bertz CT molecular complexity index is 812. The summed E-state index contributed by atoms with van der Waals surface area (Å²) >= 11 is 0. The molecule has 1 heterocycles. The van der Waals surface area contributed by atoms with E-state index >= 15 is 0 Å². The van der Waals surface area contributed by atoms with Crippen LogP contribution in [0.25, 0.3) is 0 Å². The zero-order valence-electron chi connectivity index (χ0n) is 15.4. The smallest absolute Gasteiger partial charge is 0.308 e. The van der Waals surface area contributed by atoms with E-state index < -0.39 is 23.8 Å². The summed E-state index contributed by atoms with van der Waals surface area (Å²) in [5.74, 6) is -3.01. The first-order valence-corrected chi connectivity index (χ1v) is 9.13. The molecule has 1 N–H and O–H groups in total. The van der Waals surface area contributed by atoms with Gasteiger partial charge in [0.05, 0.1) is 18.3 Å². The number of anilines is 1. The topological polar surface area (TPSA) is 92.8 Å². The second kappa shape index (κ2) is 8.33. The normalized spacial score (nSPS) is 22.0. The van der Waals surface area contributed by atoms with Crippen molar-refractivity contribution >= 4 is 29.4 Å². The number of halogens is 1. The molecule has 1 aromatic rings. The van der Waals surface area contributed by atoms with Gasteiger partial charge in [0, 0.05) is 12.2 Å². The fourth-order valence-corrected chi connectivity index (χ4v) is 3.41. The van der Waals surface area contributed by atoms with E-state index in [4.69, 9.17) is 4.74 Å². The summed E-state index contributed by atoms with van der Waals surface area (Å²) in [5.41, 5.74) is 0.248. The lowest BCUT2D eigenvalue weighted by Gasteiger charge is -2.16. The first-order valence-electron chi connectivity index (χ1n) is 9.13. The Morgan fingerprint density at radius 3 is 2.46 bits per heavy atom. The lowest BCUT2D eigenvalue weighted by molar-refractivity contribution is -0.154. The number of fused-ring (bicyclic) bond motifs is 1. The average molecular weight is 388 g/mol. The highest BCUT2D eigenvalue weighted by atomic mass is 19.1. The van der Waals surface area contributed by atoms with Crippen LogP contribution < -0.4 is 5.32 Å². The van der Waals surface area contributed by atoms with E-state index in [2.05, 4.69) is 5.32 Å². The monoisotopic (exact) mass is 388 g/mol. The number of allylic oxidation sites excluding steroid dienone is 2. The minimum atomic E-state index is -1.10. The fraction of sp³-hybridized carbons (Fsp3) is 0.400. The molecule has 28 heavy (non-hydrogen) atoms. The van der Waals surface area contributed by atoms with Crippen molar-refractivity contribution < 1.29 is 28.3 Å². The Morgan fingerprint density at radius 1 is 1.21 bits per heavy atom. The molecule has 7 nitrogen and oxygen atoms in total. The maximum atomic E-state index is 13.2. The molecule has 3 rings (SSSR count). The molecule has 2 aliphatic rings. The molecular formula is C20H21FN2O5. The minimum absolute atomic E-state index is 0.0677. The predicted molar refractivity (Wildman–Crippen MR) is 97.3 cm³/mol. The number of hydrogen-bond acceptors (Lipinski definition) is 5. The number of carbonyl (C=O) groups is 4. The van der Waals surface area contributed by atoms with Crippen LogP contribution in [0.2, 0.25) is 0 Å². The van der Waals surface area contributed by atoms with E-state index in [1.807, 2.05) is 12.2 Å². The number of nitrogens with zero attached hydrogens (tertiary/aromatic N) is 1. The average Bonchev–Trinajstić information content (AvgIpc) is 2.91.